The Bertz CT molecular complexity index is 592. The summed E-state index contributed by atoms with van der Waals surface area (Å²) in [6.45, 7) is 2.03. The van der Waals surface area contributed by atoms with Crippen LogP contribution in [0, 0.1) is 5.82 Å². The number of hydrogen-bond donors (Lipinski definition) is 1. The van der Waals surface area contributed by atoms with E-state index in [2.05, 4.69) is 4.98 Å². The predicted molar refractivity (Wildman–Crippen MR) is 77.7 cm³/mol. The molecule has 0 saturated heterocycles. The van der Waals surface area contributed by atoms with Gasteiger partial charge in [-0.25, -0.2) is 4.39 Å². The van der Waals surface area contributed by atoms with Crippen molar-refractivity contribution in [1.82, 2.24) is 4.98 Å². The molecule has 1 heterocycles. The third kappa shape index (κ3) is 3.68. The maximum Gasteiger partial charge on any atom is 0.184 e. The van der Waals surface area contributed by atoms with Gasteiger partial charge < -0.3 is 10.5 Å². The van der Waals surface area contributed by atoms with Gasteiger partial charge in [0.15, 0.2) is 11.6 Å². The fraction of sp³-hybridized carbons (Fsp3) is 0.267. The van der Waals surface area contributed by atoms with Gasteiger partial charge in [-0.05, 0) is 36.6 Å². The van der Waals surface area contributed by atoms with E-state index in [0.717, 1.165) is 12.0 Å². The highest BCUT2D eigenvalue weighted by Crippen LogP contribution is 2.28. The molecule has 0 bridgehead atoms. The summed E-state index contributed by atoms with van der Waals surface area (Å²) in [5.41, 5.74) is 6.86. The number of halogens is 2. The monoisotopic (exact) mass is 294 g/mol. The largest absolute Gasteiger partial charge is 0.453 e. The number of pyridine rings is 1. The molecule has 2 N–H and O–H groups in total. The summed E-state index contributed by atoms with van der Waals surface area (Å²) in [7, 11) is 0. The zero-order valence-corrected chi connectivity index (χ0v) is 11.9. The average Bonchev–Trinajstić information content (AvgIpc) is 2.44. The van der Waals surface area contributed by atoms with E-state index in [1.165, 1.54) is 18.3 Å². The molecule has 0 radical (unpaired) electrons. The van der Waals surface area contributed by atoms with Crippen molar-refractivity contribution in [2.45, 2.75) is 25.8 Å². The molecule has 0 aliphatic carbocycles. The molecule has 5 heteroatoms. The normalized spacial score (nSPS) is 12.2. The Hall–Kier alpha value is -1.65. The zero-order valence-electron chi connectivity index (χ0n) is 11.1. The first-order chi connectivity index (χ1) is 9.60. The van der Waals surface area contributed by atoms with E-state index in [-0.39, 0.29) is 16.8 Å². The van der Waals surface area contributed by atoms with E-state index in [1.807, 2.05) is 13.0 Å². The second-order valence-corrected chi connectivity index (χ2v) is 4.96. The second-order valence-electron chi connectivity index (χ2n) is 4.56. The summed E-state index contributed by atoms with van der Waals surface area (Å²) >= 11 is 5.71. The molecule has 1 atom stereocenters. The minimum Gasteiger partial charge on any atom is -0.453 e. The fourth-order valence-electron chi connectivity index (χ4n) is 1.77. The van der Waals surface area contributed by atoms with Gasteiger partial charge in [-0.15, -0.1) is 0 Å². The molecule has 1 aromatic carbocycles. The molecular formula is C15H16ClFN2O. The Morgan fingerprint density at radius 3 is 2.95 bits per heavy atom. The van der Waals surface area contributed by atoms with Gasteiger partial charge in [0, 0.05) is 12.2 Å². The molecule has 3 nitrogen and oxygen atoms in total. The van der Waals surface area contributed by atoms with Gasteiger partial charge in [-0.2, -0.15) is 0 Å². The van der Waals surface area contributed by atoms with Crippen LogP contribution in [0.25, 0.3) is 0 Å². The van der Waals surface area contributed by atoms with Crippen LogP contribution in [0.5, 0.6) is 11.5 Å². The van der Waals surface area contributed by atoms with Crippen molar-refractivity contribution in [2.75, 3.05) is 0 Å². The van der Waals surface area contributed by atoms with Crippen LogP contribution >= 0.6 is 11.6 Å². The van der Waals surface area contributed by atoms with Crippen molar-refractivity contribution in [3.05, 3.63) is 53.1 Å². The minimum atomic E-state index is -0.579. The molecule has 2 aromatic rings. The molecule has 1 aromatic heterocycles. The minimum absolute atomic E-state index is 0.0274. The van der Waals surface area contributed by atoms with Crippen molar-refractivity contribution < 1.29 is 9.13 Å². The molecule has 0 spiro atoms. The predicted octanol–water partition coefficient (Wildman–Crippen LogP) is 3.95. The van der Waals surface area contributed by atoms with Gasteiger partial charge in [0.25, 0.3) is 0 Å². The van der Waals surface area contributed by atoms with Gasteiger partial charge in [-0.3, -0.25) is 4.98 Å². The number of ether oxygens (including phenoxy) is 1. The molecule has 1 unspecified atom stereocenters. The topological polar surface area (TPSA) is 48.1 Å². The van der Waals surface area contributed by atoms with Crippen molar-refractivity contribution in [2.24, 2.45) is 5.73 Å². The summed E-state index contributed by atoms with van der Waals surface area (Å²) in [6, 6.07) is 6.51. The van der Waals surface area contributed by atoms with Gasteiger partial charge >= 0.3 is 0 Å². The number of hydrogen-bond acceptors (Lipinski definition) is 3. The molecule has 0 fully saturated rings. The van der Waals surface area contributed by atoms with Gasteiger partial charge in [0.1, 0.15) is 5.75 Å². The number of nitrogens with two attached hydrogens (primary N) is 1. The molecule has 0 saturated carbocycles. The Morgan fingerprint density at radius 2 is 2.20 bits per heavy atom. The maximum atomic E-state index is 13.8. The first-order valence-corrected chi connectivity index (χ1v) is 6.79. The fourth-order valence-corrected chi connectivity index (χ4v) is 1.93. The highest BCUT2D eigenvalue weighted by Gasteiger charge is 2.09. The third-order valence-corrected chi connectivity index (χ3v) is 3.23. The van der Waals surface area contributed by atoms with Crippen LogP contribution in [-0.4, -0.2) is 11.0 Å². The first kappa shape index (κ1) is 14.8. The van der Waals surface area contributed by atoms with Crippen LogP contribution in [0.3, 0.4) is 0 Å². The van der Waals surface area contributed by atoms with Gasteiger partial charge in [0.05, 0.1) is 11.2 Å². The second kappa shape index (κ2) is 6.68. The van der Waals surface area contributed by atoms with Crippen LogP contribution in [-0.2, 0) is 6.42 Å². The zero-order chi connectivity index (χ0) is 14.5. The van der Waals surface area contributed by atoms with E-state index in [0.29, 0.717) is 12.2 Å². The summed E-state index contributed by atoms with van der Waals surface area (Å²) in [6.07, 6.45) is 4.85. The molecule has 20 heavy (non-hydrogen) atoms. The van der Waals surface area contributed by atoms with Crippen LogP contribution < -0.4 is 10.5 Å². The smallest absolute Gasteiger partial charge is 0.184 e. The Labute approximate surface area is 122 Å². The summed E-state index contributed by atoms with van der Waals surface area (Å²) in [5.74, 6) is -0.0342. The highest BCUT2D eigenvalue weighted by atomic mass is 35.5. The van der Waals surface area contributed by atoms with E-state index in [4.69, 9.17) is 22.1 Å². The SMILES string of the molecule is CCC(N)Cc1cncc(Oc2cccc(Cl)c2F)c1. The van der Waals surface area contributed by atoms with E-state index in [1.54, 1.807) is 12.3 Å². The first-order valence-electron chi connectivity index (χ1n) is 6.41. The van der Waals surface area contributed by atoms with E-state index < -0.39 is 5.82 Å². The average molecular weight is 295 g/mol. The number of benzene rings is 1. The van der Waals surface area contributed by atoms with Crippen LogP contribution in [0.15, 0.2) is 36.7 Å². The number of aromatic nitrogens is 1. The van der Waals surface area contributed by atoms with Crippen LogP contribution in [0.4, 0.5) is 4.39 Å². The summed E-state index contributed by atoms with van der Waals surface area (Å²) < 4.78 is 19.2. The lowest BCUT2D eigenvalue weighted by Gasteiger charge is -2.11. The number of nitrogens with zero attached hydrogens (tertiary/aromatic N) is 1. The van der Waals surface area contributed by atoms with E-state index in [9.17, 15) is 4.39 Å². The van der Waals surface area contributed by atoms with Crippen LogP contribution in [0.2, 0.25) is 5.02 Å². The lowest BCUT2D eigenvalue weighted by atomic mass is 10.1. The highest BCUT2D eigenvalue weighted by molar-refractivity contribution is 6.30. The van der Waals surface area contributed by atoms with Crippen LogP contribution in [0.1, 0.15) is 18.9 Å². The van der Waals surface area contributed by atoms with Crippen molar-refractivity contribution >= 4 is 11.6 Å². The molecule has 0 amide bonds. The Balaban J connectivity index is 2.17. The lowest BCUT2D eigenvalue weighted by molar-refractivity contribution is 0.440. The summed E-state index contributed by atoms with van der Waals surface area (Å²) in [5, 5.41) is 0.0274. The molecule has 0 aliphatic heterocycles. The molecular weight excluding hydrogens is 279 g/mol. The van der Waals surface area contributed by atoms with Crippen molar-refractivity contribution in [3.63, 3.8) is 0 Å². The van der Waals surface area contributed by atoms with Crippen molar-refractivity contribution in [3.8, 4) is 11.5 Å². The standard InChI is InChI=1S/C15H16ClFN2O/c1-2-11(18)6-10-7-12(9-19-8-10)20-14-5-3-4-13(16)15(14)17/h3-5,7-9,11H,2,6,18H2,1H3. The van der Waals surface area contributed by atoms with Gasteiger partial charge in [-0.1, -0.05) is 24.6 Å². The van der Waals surface area contributed by atoms with Crippen molar-refractivity contribution in [1.29, 1.82) is 0 Å². The Kier molecular flexibility index (Phi) is 4.93. The Morgan fingerprint density at radius 1 is 1.40 bits per heavy atom. The summed E-state index contributed by atoms with van der Waals surface area (Å²) in [4.78, 5) is 4.08. The van der Waals surface area contributed by atoms with E-state index >= 15 is 0 Å². The molecule has 0 aliphatic rings. The lowest BCUT2D eigenvalue weighted by Crippen LogP contribution is -2.21. The maximum absolute atomic E-state index is 13.8. The third-order valence-electron chi connectivity index (χ3n) is 2.94. The quantitative estimate of drug-likeness (QED) is 0.908. The molecule has 2 rings (SSSR count). The molecule has 106 valence electrons. The number of rotatable bonds is 5. The van der Waals surface area contributed by atoms with Gasteiger partial charge in [0.2, 0.25) is 0 Å².